The van der Waals surface area contributed by atoms with Crippen LogP contribution in [0.25, 0.3) is 0 Å². The average molecular weight is 265 g/mol. The van der Waals surface area contributed by atoms with Crippen molar-refractivity contribution >= 4 is 18.7 Å². The lowest BCUT2D eigenvalue weighted by Crippen LogP contribution is -2.34. The van der Waals surface area contributed by atoms with Crippen molar-refractivity contribution in [1.29, 1.82) is 0 Å². The lowest BCUT2D eigenvalue weighted by atomic mass is 9.77. The predicted octanol–water partition coefficient (Wildman–Crippen LogP) is 1.17. The van der Waals surface area contributed by atoms with Gasteiger partial charge in [-0.3, -0.25) is 0 Å². The molecule has 1 aromatic rings. The fourth-order valence-electron chi connectivity index (χ4n) is 1.89. The SMILES string of the molecule is CC(C)C(C)C(N=C=O)c1cccc(B(O)O)c1F. The molecule has 1 aromatic carbocycles. The molecule has 0 aliphatic heterocycles. The molecular formula is C13H17BFNO3. The highest BCUT2D eigenvalue weighted by atomic mass is 19.1. The summed E-state index contributed by atoms with van der Waals surface area (Å²) in [4.78, 5) is 14.2. The van der Waals surface area contributed by atoms with Gasteiger partial charge in [-0.15, -0.1) is 0 Å². The van der Waals surface area contributed by atoms with Gasteiger partial charge in [-0.25, -0.2) is 9.18 Å². The number of hydrogen-bond donors (Lipinski definition) is 2. The summed E-state index contributed by atoms with van der Waals surface area (Å²) in [6.45, 7) is 5.75. The van der Waals surface area contributed by atoms with Gasteiger partial charge < -0.3 is 10.0 Å². The quantitative estimate of drug-likeness (QED) is 0.477. The normalized spacial score (nSPS) is 13.8. The van der Waals surface area contributed by atoms with Crippen LogP contribution in [-0.2, 0) is 4.79 Å². The molecule has 0 saturated carbocycles. The maximum absolute atomic E-state index is 14.2. The first-order valence-corrected chi connectivity index (χ1v) is 6.11. The second kappa shape index (κ2) is 6.61. The van der Waals surface area contributed by atoms with Crippen molar-refractivity contribution in [3.05, 3.63) is 29.6 Å². The minimum Gasteiger partial charge on any atom is -0.423 e. The van der Waals surface area contributed by atoms with E-state index >= 15 is 0 Å². The summed E-state index contributed by atoms with van der Waals surface area (Å²) in [6.07, 6.45) is 1.46. The van der Waals surface area contributed by atoms with Crippen LogP contribution in [0.1, 0.15) is 32.4 Å². The lowest BCUT2D eigenvalue weighted by molar-refractivity contribution is 0.345. The molecule has 4 nitrogen and oxygen atoms in total. The van der Waals surface area contributed by atoms with Crippen LogP contribution in [-0.4, -0.2) is 23.2 Å². The van der Waals surface area contributed by atoms with Crippen molar-refractivity contribution in [3.63, 3.8) is 0 Å². The fourth-order valence-corrected chi connectivity index (χ4v) is 1.89. The molecule has 2 unspecified atom stereocenters. The molecule has 6 heteroatoms. The van der Waals surface area contributed by atoms with Crippen molar-refractivity contribution in [2.24, 2.45) is 16.8 Å². The Hall–Kier alpha value is -1.49. The molecule has 2 atom stereocenters. The molecule has 0 heterocycles. The largest absolute Gasteiger partial charge is 0.491 e. The van der Waals surface area contributed by atoms with Crippen LogP contribution in [0.2, 0.25) is 0 Å². The smallest absolute Gasteiger partial charge is 0.423 e. The summed E-state index contributed by atoms with van der Waals surface area (Å²) in [5.74, 6) is -0.639. The van der Waals surface area contributed by atoms with Crippen molar-refractivity contribution in [1.82, 2.24) is 0 Å². The molecule has 0 radical (unpaired) electrons. The number of halogens is 1. The molecular weight excluding hydrogens is 248 g/mol. The summed E-state index contributed by atoms with van der Waals surface area (Å²) in [5, 5.41) is 18.2. The molecule has 0 bridgehead atoms. The minimum atomic E-state index is -1.89. The second-order valence-corrected chi connectivity index (χ2v) is 4.89. The van der Waals surface area contributed by atoms with Gasteiger partial charge in [0.2, 0.25) is 6.08 Å². The Kier molecular flexibility index (Phi) is 5.42. The number of carbonyl (C=O) groups excluding carboxylic acids is 1. The van der Waals surface area contributed by atoms with Gasteiger partial charge >= 0.3 is 7.12 Å². The molecule has 0 spiro atoms. The number of aliphatic imine (C=N–C) groups is 1. The Morgan fingerprint density at radius 3 is 2.42 bits per heavy atom. The standard InChI is InChI=1S/C13H17BFNO3/c1-8(2)9(3)13(16-7-17)10-5-4-6-11(12(10)15)14(18)19/h4-6,8-9,13,18-19H,1-3H3. The fraction of sp³-hybridized carbons (Fsp3) is 0.462. The third-order valence-corrected chi connectivity index (χ3v) is 3.40. The van der Waals surface area contributed by atoms with Gasteiger partial charge in [0.05, 0.1) is 6.04 Å². The third-order valence-electron chi connectivity index (χ3n) is 3.40. The Labute approximate surface area is 112 Å². The summed E-state index contributed by atoms with van der Waals surface area (Å²) < 4.78 is 14.2. The first kappa shape index (κ1) is 15.6. The van der Waals surface area contributed by atoms with Crippen molar-refractivity contribution in [2.45, 2.75) is 26.8 Å². The summed E-state index contributed by atoms with van der Waals surface area (Å²) in [7, 11) is -1.89. The van der Waals surface area contributed by atoms with Crippen LogP contribution in [0, 0.1) is 17.7 Å². The topological polar surface area (TPSA) is 69.9 Å². The molecule has 0 saturated heterocycles. The van der Waals surface area contributed by atoms with E-state index in [1.165, 1.54) is 24.3 Å². The zero-order valence-electron chi connectivity index (χ0n) is 11.2. The Morgan fingerprint density at radius 2 is 1.95 bits per heavy atom. The average Bonchev–Trinajstić information content (AvgIpc) is 2.35. The highest BCUT2D eigenvalue weighted by molar-refractivity contribution is 6.58. The summed E-state index contributed by atoms with van der Waals surface area (Å²) in [6, 6.07) is 3.60. The van der Waals surface area contributed by atoms with E-state index in [1.54, 1.807) is 0 Å². The Bertz CT molecular complexity index is 487. The number of isocyanates is 1. The lowest BCUT2D eigenvalue weighted by Gasteiger charge is -2.23. The molecule has 0 aliphatic rings. The highest BCUT2D eigenvalue weighted by Gasteiger charge is 2.27. The van der Waals surface area contributed by atoms with E-state index in [1.807, 2.05) is 20.8 Å². The van der Waals surface area contributed by atoms with E-state index in [2.05, 4.69) is 4.99 Å². The van der Waals surface area contributed by atoms with E-state index in [4.69, 9.17) is 10.0 Å². The van der Waals surface area contributed by atoms with Gasteiger partial charge in [-0.1, -0.05) is 39.0 Å². The zero-order valence-corrected chi connectivity index (χ0v) is 11.2. The second-order valence-electron chi connectivity index (χ2n) is 4.89. The van der Waals surface area contributed by atoms with Crippen LogP contribution < -0.4 is 5.46 Å². The van der Waals surface area contributed by atoms with Gasteiger partial charge in [-0.05, 0) is 11.8 Å². The molecule has 0 fully saturated rings. The summed E-state index contributed by atoms with van der Waals surface area (Å²) in [5.41, 5.74) is -0.0466. The summed E-state index contributed by atoms with van der Waals surface area (Å²) >= 11 is 0. The van der Waals surface area contributed by atoms with Crippen molar-refractivity contribution in [2.75, 3.05) is 0 Å². The van der Waals surface area contributed by atoms with Gasteiger partial charge in [0.15, 0.2) is 0 Å². The first-order valence-electron chi connectivity index (χ1n) is 6.11. The number of rotatable bonds is 5. The van der Waals surface area contributed by atoms with Gasteiger partial charge in [-0.2, -0.15) is 4.99 Å². The number of benzene rings is 1. The van der Waals surface area contributed by atoms with Crippen LogP contribution in [0.15, 0.2) is 23.2 Å². The highest BCUT2D eigenvalue weighted by Crippen LogP contribution is 2.31. The molecule has 102 valence electrons. The molecule has 0 aliphatic carbocycles. The van der Waals surface area contributed by atoms with E-state index < -0.39 is 19.0 Å². The van der Waals surface area contributed by atoms with Crippen molar-refractivity contribution < 1.29 is 19.2 Å². The first-order chi connectivity index (χ1) is 8.90. The van der Waals surface area contributed by atoms with Crippen LogP contribution >= 0.6 is 0 Å². The van der Waals surface area contributed by atoms with Crippen LogP contribution in [0.4, 0.5) is 4.39 Å². The molecule has 0 amide bonds. The van der Waals surface area contributed by atoms with Gasteiger partial charge in [0, 0.05) is 11.0 Å². The number of hydrogen-bond acceptors (Lipinski definition) is 4. The minimum absolute atomic E-state index is 0.0814. The van der Waals surface area contributed by atoms with Crippen LogP contribution in [0.3, 0.4) is 0 Å². The molecule has 0 aromatic heterocycles. The maximum Gasteiger partial charge on any atom is 0.491 e. The number of nitrogens with zero attached hydrogens (tertiary/aromatic N) is 1. The van der Waals surface area contributed by atoms with E-state index in [0.29, 0.717) is 0 Å². The van der Waals surface area contributed by atoms with E-state index in [-0.39, 0.29) is 22.9 Å². The molecule has 2 N–H and O–H groups in total. The molecule has 1 rings (SSSR count). The monoisotopic (exact) mass is 265 g/mol. The maximum atomic E-state index is 14.2. The van der Waals surface area contributed by atoms with E-state index in [9.17, 15) is 9.18 Å². The Morgan fingerprint density at radius 1 is 1.32 bits per heavy atom. The Balaban J connectivity index is 3.31. The van der Waals surface area contributed by atoms with Crippen LogP contribution in [0.5, 0.6) is 0 Å². The van der Waals surface area contributed by atoms with Gasteiger partial charge in [0.1, 0.15) is 5.82 Å². The van der Waals surface area contributed by atoms with Crippen molar-refractivity contribution in [3.8, 4) is 0 Å². The zero-order chi connectivity index (χ0) is 14.6. The van der Waals surface area contributed by atoms with E-state index in [0.717, 1.165) is 0 Å². The predicted molar refractivity (Wildman–Crippen MR) is 71.1 cm³/mol. The van der Waals surface area contributed by atoms with Gasteiger partial charge in [0.25, 0.3) is 0 Å². The molecule has 19 heavy (non-hydrogen) atoms. The third kappa shape index (κ3) is 3.50.